The van der Waals surface area contributed by atoms with Crippen molar-refractivity contribution in [3.8, 4) is 0 Å². The zero-order valence-electron chi connectivity index (χ0n) is 19.7. The molecular formula is C28H24ClN5O2. The van der Waals surface area contributed by atoms with E-state index in [0.29, 0.717) is 39.0 Å². The summed E-state index contributed by atoms with van der Waals surface area (Å²) in [6.07, 6.45) is 1.52. The molecule has 1 aliphatic rings. The summed E-state index contributed by atoms with van der Waals surface area (Å²) in [5, 5.41) is 14.3. The average Bonchev–Trinajstić information content (AvgIpc) is 3.28. The molecule has 7 nitrogen and oxygen atoms in total. The Morgan fingerprint density at radius 1 is 0.889 bits per heavy atom. The number of halogens is 1. The summed E-state index contributed by atoms with van der Waals surface area (Å²) in [5.74, 6) is -0.0545. The normalized spacial score (nSPS) is 14.6. The van der Waals surface area contributed by atoms with E-state index in [2.05, 4.69) is 21.0 Å². The fourth-order valence-corrected chi connectivity index (χ4v) is 4.44. The number of fused-ring (bicyclic) bond motifs is 1. The van der Waals surface area contributed by atoms with Gasteiger partial charge in [0.25, 0.3) is 11.8 Å². The summed E-state index contributed by atoms with van der Waals surface area (Å²) in [5.41, 5.74) is 4.72. The second-order valence-corrected chi connectivity index (χ2v) is 9.05. The average molecular weight is 498 g/mol. The molecule has 0 saturated carbocycles. The molecule has 1 aliphatic heterocycles. The number of aryl methyl sites for hydroxylation is 1. The van der Waals surface area contributed by atoms with Crippen molar-refractivity contribution < 1.29 is 9.59 Å². The molecule has 3 N–H and O–H groups in total. The van der Waals surface area contributed by atoms with E-state index in [1.54, 1.807) is 16.8 Å². The van der Waals surface area contributed by atoms with Crippen LogP contribution in [0, 0.1) is 6.92 Å². The molecule has 0 fully saturated rings. The van der Waals surface area contributed by atoms with Gasteiger partial charge in [0.1, 0.15) is 17.4 Å². The number of benzene rings is 3. The van der Waals surface area contributed by atoms with Crippen LogP contribution in [0.2, 0.25) is 5.02 Å². The van der Waals surface area contributed by atoms with E-state index in [0.717, 1.165) is 11.1 Å². The number of rotatable bonds is 5. The summed E-state index contributed by atoms with van der Waals surface area (Å²) in [4.78, 5) is 26.7. The van der Waals surface area contributed by atoms with Gasteiger partial charge in [-0.15, -0.1) is 0 Å². The van der Waals surface area contributed by atoms with Crippen LogP contribution in [0.4, 0.5) is 17.2 Å². The van der Waals surface area contributed by atoms with E-state index >= 15 is 0 Å². The number of carbonyl (C=O) groups excluding carboxylic acids is 2. The van der Waals surface area contributed by atoms with E-state index in [9.17, 15) is 9.59 Å². The fraction of sp³-hybridized carbons (Fsp3) is 0.107. The minimum absolute atomic E-state index is 0.266. The molecule has 5 rings (SSSR count). The number of allylic oxidation sites excluding steroid dienone is 1. The molecule has 2 amide bonds. The van der Waals surface area contributed by atoms with E-state index in [1.165, 1.54) is 6.20 Å². The van der Waals surface area contributed by atoms with Crippen LogP contribution in [0.25, 0.3) is 0 Å². The maximum atomic E-state index is 13.5. The third kappa shape index (κ3) is 4.61. The van der Waals surface area contributed by atoms with Crippen LogP contribution < -0.4 is 16.0 Å². The molecule has 2 heterocycles. The summed E-state index contributed by atoms with van der Waals surface area (Å²) in [7, 11) is 0. The molecule has 8 heteroatoms. The largest absolute Gasteiger partial charge is 0.343 e. The molecular weight excluding hydrogens is 474 g/mol. The molecule has 0 radical (unpaired) electrons. The van der Waals surface area contributed by atoms with Gasteiger partial charge < -0.3 is 16.0 Å². The van der Waals surface area contributed by atoms with Crippen molar-refractivity contribution in [2.75, 3.05) is 16.0 Å². The van der Waals surface area contributed by atoms with Crippen LogP contribution in [0.15, 0.2) is 96.3 Å². The first-order valence-corrected chi connectivity index (χ1v) is 11.8. The monoisotopic (exact) mass is 497 g/mol. The van der Waals surface area contributed by atoms with Crippen LogP contribution in [-0.4, -0.2) is 21.6 Å². The highest BCUT2D eigenvalue weighted by Gasteiger charge is 2.35. The predicted molar refractivity (Wildman–Crippen MR) is 142 cm³/mol. The number of nitrogens with zero attached hydrogens (tertiary/aromatic N) is 2. The van der Waals surface area contributed by atoms with Gasteiger partial charge in [0.05, 0.1) is 11.8 Å². The zero-order chi connectivity index (χ0) is 25.2. The van der Waals surface area contributed by atoms with E-state index in [-0.39, 0.29) is 11.8 Å². The van der Waals surface area contributed by atoms with E-state index < -0.39 is 6.04 Å². The number of amides is 2. The molecule has 180 valence electrons. The SMILES string of the molecule is CC1=C(C(=O)Nc2ccccc2)[C@@H](c2ccc(Cl)cc2)n2ncc(C(=O)Nc3cccc(C)c3)c2N1. The van der Waals surface area contributed by atoms with Crippen molar-refractivity contribution in [1.82, 2.24) is 9.78 Å². The van der Waals surface area contributed by atoms with Crippen molar-refractivity contribution in [2.24, 2.45) is 0 Å². The van der Waals surface area contributed by atoms with Crippen molar-refractivity contribution in [2.45, 2.75) is 19.9 Å². The van der Waals surface area contributed by atoms with Gasteiger partial charge in [0.2, 0.25) is 0 Å². The molecule has 0 spiro atoms. The smallest absolute Gasteiger partial charge is 0.261 e. The van der Waals surface area contributed by atoms with Gasteiger partial charge >= 0.3 is 0 Å². The molecule has 0 unspecified atom stereocenters. The lowest BCUT2D eigenvalue weighted by Gasteiger charge is -2.30. The second kappa shape index (κ2) is 9.71. The standard InChI is InChI=1S/C28H24ClN5O2/c1-17-7-6-10-22(15-17)33-27(35)23-16-30-34-25(19-11-13-20(29)14-12-19)24(18(2)31-26(23)34)28(36)32-21-8-4-3-5-9-21/h3-16,25,31H,1-2H3,(H,32,36)(H,33,35)/t25-/m1/s1. The maximum absolute atomic E-state index is 13.5. The molecule has 0 saturated heterocycles. The first kappa shape index (κ1) is 23.4. The second-order valence-electron chi connectivity index (χ2n) is 8.61. The van der Waals surface area contributed by atoms with Gasteiger partial charge in [0, 0.05) is 22.1 Å². The molecule has 3 aromatic carbocycles. The number of hydrogen-bond acceptors (Lipinski definition) is 4. The third-order valence-corrected chi connectivity index (χ3v) is 6.26. The van der Waals surface area contributed by atoms with Crippen LogP contribution in [-0.2, 0) is 4.79 Å². The number of anilines is 3. The molecule has 0 aliphatic carbocycles. The minimum atomic E-state index is -0.567. The highest BCUT2D eigenvalue weighted by atomic mass is 35.5. The Labute approximate surface area is 213 Å². The maximum Gasteiger partial charge on any atom is 0.261 e. The first-order chi connectivity index (χ1) is 17.4. The van der Waals surface area contributed by atoms with Gasteiger partial charge in [-0.05, 0) is 61.4 Å². The predicted octanol–water partition coefficient (Wildman–Crippen LogP) is 6.02. The Bertz CT molecular complexity index is 1480. The number of carbonyl (C=O) groups is 2. The topological polar surface area (TPSA) is 88.0 Å². The summed E-state index contributed by atoms with van der Waals surface area (Å²) in [6.45, 7) is 3.79. The molecule has 4 aromatic rings. The Morgan fingerprint density at radius 2 is 1.58 bits per heavy atom. The van der Waals surface area contributed by atoms with Crippen LogP contribution in [0.5, 0.6) is 0 Å². The molecule has 1 aromatic heterocycles. The Morgan fingerprint density at radius 3 is 2.31 bits per heavy atom. The van der Waals surface area contributed by atoms with Gasteiger partial charge in [-0.1, -0.05) is 54.1 Å². The van der Waals surface area contributed by atoms with Gasteiger partial charge in [-0.2, -0.15) is 5.10 Å². The number of hydrogen-bond donors (Lipinski definition) is 3. The van der Waals surface area contributed by atoms with Gasteiger partial charge in [-0.3, -0.25) is 9.59 Å². The number of nitrogens with one attached hydrogen (secondary N) is 3. The first-order valence-electron chi connectivity index (χ1n) is 11.5. The zero-order valence-corrected chi connectivity index (χ0v) is 20.5. The lowest BCUT2D eigenvalue weighted by molar-refractivity contribution is -0.113. The third-order valence-electron chi connectivity index (χ3n) is 6.01. The number of para-hydroxylation sites is 1. The van der Waals surface area contributed by atoms with Crippen molar-refractivity contribution in [3.63, 3.8) is 0 Å². The Hall–Kier alpha value is -4.36. The summed E-state index contributed by atoms with van der Waals surface area (Å²) < 4.78 is 1.67. The Balaban J connectivity index is 1.54. The summed E-state index contributed by atoms with van der Waals surface area (Å²) >= 11 is 6.14. The van der Waals surface area contributed by atoms with E-state index in [4.69, 9.17) is 11.6 Å². The van der Waals surface area contributed by atoms with E-state index in [1.807, 2.05) is 80.6 Å². The van der Waals surface area contributed by atoms with Crippen molar-refractivity contribution >= 4 is 40.6 Å². The van der Waals surface area contributed by atoms with Gasteiger partial charge in [0.15, 0.2) is 0 Å². The van der Waals surface area contributed by atoms with Crippen molar-refractivity contribution in [3.05, 3.63) is 118 Å². The fourth-order valence-electron chi connectivity index (χ4n) is 4.31. The highest BCUT2D eigenvalue weighted by molar-refractivity contribution is 6.30. The van der Waals surface area contributed by atoms with Crippen molar-refractivity contribution in [1.29, 1.82) is 0 Å². The van der Waals surface area contributed by atoms with Crippen LogP contribution in [0.3, 0.4) is 0 Å². The quantitative estimate of drug-likeness (QED) is 0.314. The van der Waals surface area contributed by atoms with Crippen LogP contribution in [0.1, 0.15) is 34.5 Å². The number of aromatic nitrogens is 2. The molecule has 0 bridgehead atoms. The van der Waals surface area contributed by atoms with Gasteiger partial charge in [-0.25, -0.2) is 4.68 Å². The highest BCUT2D eigenvalue weighted by Crippen LogP contribution is 2.38. The molecule has 1 atom stereocenters. The lowest BCUT2D eigenvalue weighted by atomic mass is 9.94. The lowest BCUT2D eigenvalue weighted by Crippen LogP contribution is -2.32. The summed E-state index contributed by atoms with van der Waals surface area (Å²) in [6, 6.07) is 23.5. The Kier molecular flexibility index (Phi) is 6.31. The molecule has 36 heavy (non-hydrogen) atoms. The minimum Gasteiger partial charge on any atom is -0.343 e. The van der Waals surface area contributed by atoms with Crippen LogP contribution >= 0.6 is 11.6 Å².